The molecule has 0 aliphatic heterocycles. The van der Waals surface area contributed by atoms with Crippen molar-refractivity contribution < 1.29 is 5.11 Å². The lowest BCUT2D eigenvalue weighted by Gasteiger charge is -2.00. The van der Waals surface area contributed by atoms with E-state index in [0.29, 0.717) is 11.6 Å². The van der Waals surface area contributed by atoms with Crippen LogP contribution in [0, 0.1) is 0 Å². The summed E-state index contributed by atoms with van der Waals surface area (Å²) in [7, 11) is 0. The largest absolute Gasteiger partial charge is 0.506 e. The van der Waals surface area contributed by atoms with E-state index in [1.165, 1.54) is 11.3 Å². The molecule has 2 aromatic rings. The average Bonchev–Trinajstić information content (AvgIpc) is 2.47. The fourth-order valence-corrected chi connectivity index (χ4v) is 2.91. The number of rotatable bonds is 1. The molecule has 13 heavy (non-hydrogen) atoms. The SMILES string of the molecule is Oc1csc2cc(CCl)c(Br)cc12. The topological polar surface area (TPSA) is 20.2 Å². The molecular weight excluding hydrogens is 272 g/mol. The van der Waals surface area contributed by atoms with Gasteiger partial charge in [-0.3, -0.25) is 0 Å². The van der Waals surface area contributed by atoms with E-state index in [-0.39, 0.29) is 0 Å². The van der Waals surface area contributed by atoms with Gasteiger partial charge in [0.15, 0.2) is 0 Å². The van der Waals surface area contributed by atoms with Crippen molar-refractivity contribution in [3.63, 3.8) is 0 Å². The summed E-state index contributed by atoms with van der Waals surface area (Å²) in [5.74, 6) is 0.816. The summed E-state index contributed by atoms with van der Waals surface area (Å²) in [6, 6.07) is 3.90. The van der Waals surface area contributed by atoms with Gasteiger partial charge in [-0.15, -0.1) is 22.9 Å². The van der Waals surface area contributed by atoms with Crippen molar-refractivity contribution >= 4 is 49.0 Å². The van der Waals surface area contributed by atoms with Crippen molar-refractivity contribution in [1.82, 2.24) is 0 Å². The van der Waals surface area contributed by atoms with Crippen molar-refractivity contribution in [2.75, 3.05) is 0 Å². The van der Waals surface area contributed by atoms with Gasteiger partial charge in [0, 0.05) is 25.8 Å². The monoisotopic (exact) mass is 276 g/mol. The fraction of sp³-hybridized carbons (Fsp3) is 0.111. The molecule has 0 saturated heterocycles. The minimum Gasteiger partial charge on any atom is -0.506 e. The Morgan fingerprint density at radius 2 is 2.23 bits per heavy atom. The molecule has 1 nitrogen and oxygen atoms in total. The molecular formula is C9H6BrClOS. The first-order valence-electron chi connectivity index (χ1n) is 3.67. The summed E-state index contributed by atoms with van der Waals surface area (Å²) in [6.45, 7) is 0. The predicted molar refractivity (Wildman–Crippen MR) is 60.7 cm³/mol. The van der Waals surface area contributed by atoms with E-state index in [4.69, 9.17) is 11.6 Å². The van der Waals surface area contributed by atoms with Gasteiger partial charge in [-0.1, -0.05) is 15.9 Å². The lowest BCUT2D eigenvalue weighted by Crippen LogP contribution is -1.79. The van der Waals surface area contributed by atoms with Crippen molar-refractivity contribution in [2.45, 2.75) is 5.88 Å². The normalized spacial score (nSPS) is 10.9. The van der Waals surface area contributed by atoms with Gasteiger partial charge >= 0.3 is 0 Å². The van der Waals surface area contributed by atoms with E-state index in [2.05, 4.69) is 15.9 Å². The Morgan fingerprint density at radius 1 is 1.46 bits per heavy atom. The molecule has 0 saturated carbocycles. The molecule has 1 aromatic carbocycles. The second-order valence-corrected chi connectivity index (χ2v) is 4.73. The highest BCUT2D eigenvalue weighted by molar-refractivity contribution is 9.10. The number of aromatic hydroxyl groups is 1. The molecule has 0 atom stereocenters. The van der Waals surface area contributed by atoms with E-state index in [1.807, 2.05) is 12.1 Å². The molecule has 1 N–H and O–H groups in total. The quantitative estimate of drug-likeness (QED) is 0.778. The summed E-state index contributed by atoms with van der Waals surface area (Å²) in [5.41, 5.74) is 1.05. The van der Waals surface area contributed by atoms with Crippen LogP contribution in [0.5, 0.6) is 5.75 Å². The zero-order valence-electron chi connectivity index (χ0n) is 6.55. The van der Waals surface area contributed by atoms with Crippen molar-refractivity contribution in [1.29, 1.82) is 0 Å². The van der Waals surface area contributed by atoms with Crippen LogP contribution >= 0.6 is 38.9 Å². The van der Waals surface area contributed by atoms with Gasteiger partial charge in [0.1, 0.15) is 5.75 Å². The number of hydrogen-bond acceptors (Lipinski definition) is 2. The molecule has 1 aromatic heterocycles. The predicted octanol–water partition coefficient (Wildman–Crippen LogP) is 4.11. The van der Waals surface area contributed by atoms with Crippen molar-refractivity contribution in [3.05, 3.63) is 27.5 Å². The van der Waals surface area contributed by atoms with Crippen LogP contribution in [-0.2, 0) is 5.88 Å². The van der Waals surface area contributed by atoms with E-state index in [0.717, 1.165) is 20.1 Å². The summed E-state index contributed by atoms with van der Waals surface area (Å²) >= 11 is 10.7. The highest BCUT2D eigenvalue weighted by atomic mass is 79.9. The Morgan fingerprint density at radius 3 is 2.92 bits per heavy atom. The van der Waals surface area contributed by atoms with Gasteiger partial charge in [-0.05, 0) is 17.7 Å². The van der Waals surface area contributed by atoms with Gasteiger partial charge in [-0.2, -0.15) is 0 Å². The smallest absolute Gasteiger partial charge is 0.134 e. The van der Waals surface area contributed by atoms with Crippen LogP contribution in [0.25, 0.3) is 10.1 Å². The zero-order valence-corrected chi connectivity index (χ0v) is 9.71. The first kappa shape index (κ1) is 9.31. The van der Waals surface area contributed by atoms with Crippen LogP contribution in [0.1, 0.15) is 5.56 Å². The molecule has 0 aliphatic carbocycles. The third kappa shape index (κ3) is 1.56. The first-order chi connectivity index (χ1) is 6.22. The van der Waals surface area contributed by atoms with Gasteiger partial charge in [-0.25, -0.2) is 0 Å². The van der Waals surface area contributed by atoms with E-state index >= 15 is 0 Å². The van der Waals surface area contributed by atoms with E-state index in [9.17, 15) is 5.11 Å². The Labute approximate surface area is 93.1 Å². The minimum atomic E-state index is 0.335. The molecule has 1 heterocycles. The summed E-state index contributed by atoms with van der Waals surface area (Å²) in [4.78, 5) is 0. The number of benzene rings is 1. The highest BCUT2D eigenvalue weighted by Crippen LogP contribution is 2.35. The number of halogens is 2. The second kappa shape index (κ2) is 3.48. The molecule has 0 spiro atoms. The van der Waals surface area contributed by atoms with Gasteiger partial charge in [0.2, 0.25) is 0 Å². The maximum absolute atomic E-state index is 9.46. The van der Waals surface area contributed by atoms with Crippen LogP contribution in [0.15, 0.2) is 22.0 Å². The van der Waals surface area contributed by atoms with Gasteiger partial charge < -0.3 is 5.11 Å². The Kier molecular flexibility index (Phi) is 2.49. The maximum Gasteiger partial charge on any atom is 0.134 e. The number of hydrogen-bond donors (Lipinski definition) is 1. The van der Waals surface area contributed by atoms with Gasteiger partial charge in [0.05, 0.1) is 0 Å². The third-order valence-electron chi connectivity index (χ3n) is 1.87. The molecule has 4 heteroatoms. The lowest BCUT2D eigenvalue weighted by atomic mass is 10.2. The van der Waals surface area contributed by atoms with E-state index in [1.54, 1.807) is 5.38 Å². The minimum absolute atomic E-state index is 0.335. The standard InChI is InChI=1S/C9H6BrClOS/c10-7-2-6-8(12)4-13-9(6)1-5(7)3-11/h1-2,4,12H,3H2. The summed E-state index contributed by atoms with van der Waals surface area (Å²) in [6.07, 6.45) is 0. The molecule has 0 fully saturated rings. The highest BCUT2D eigenvalue weighted by Gasteiger charge is 2.06. The van der Waals surface area contributed by atoms with E-state index < -0.39 is 0 Å². The van der Waals surface area contributed by atoms with Crippen LogP contribution in [-0.4, -0.2) is 5.11 Å². The Bertz CT molecular complexity index is 452. The molecule has 68 valence electrons. The van der Waals surface area contributed by atoms with Crippen molar-refractivity contribution in [3.8, 4) is 5.75 Å². The Balaban J connectivity index is 2.76. The van der Waals surface area contributed by atoms with Crippen LogP contribution in [0.4, 0.5) is 0 Å². The molecule has 0 bridgehead atoms. The van der Waals surface area contributed by atoms with Crippen LogP contribution < -0.4 is 0 Å². The fourth-order valence-electron chi connectivity index (χ4n) is 1.18. The summed E-state index contributed by atoms with van der Waals surface area (Å²) in [5, 5.41) is 12.1. The Hall–Kier alpha value is -0.250. The molecule has 0 amide bonds. The van der Waals surface area contributed by atoms with Gasteiger partial charge in [0.25, 0.3) is 0 Å². The maximum atomic E-state index is 9.46. The number of fused-ring (bicyclic) bond motifs is 1. The van der Waals surface area contributed by atoms with Crippen LogP contribution in [0.3, 0.4) is 0 Å². The molecule has 0 unspecified atom stereocenters. The zero-order chi connectivity index (χ0) is 9.42. The summed E-state index contributed by atoms with van der Waals surface area (Å²) < 4.78 is 2.01. The molecule has 0 radical (unpaired) electrons. The number of alkyl halides is 1. The molecule has 2 rings (SSSR count). The average molecular weight is 278 g/mol. The molecule has 0 aliphatic rings. The third-order valence-corrected chi connectivity index (χ3v) is 3.83. The van der Waals surface area contributed by atoms with Crippen molar-refractivity contribution in [2.24, 2.45) is 0 Å². The second-order valence-electron chi connectivity index (χ2n) is 2.69. The van der Waals surface area contributed by atoms with Crippen LogP contribution in [0.2, 0.25) is 0 Å². The number of thiophene rings is 1. The lowest BCUT2D eigenvalue weighted by molar-refractivity contribution is 0.483. The first-order valence-corrected chi connectivity index (χ1v) is 5.87.